The summed E-state index contributed by atoms with van der Waals surface area (Å²) in [6, 6.07) is 5.89. The van der Waals surface area contributed by atoms with Gasteiger partial charge in [0, 0.05) is 22.7 Å². The first-order chi connectivity index (χ1) is 11.8. The Morgan fingerprint density at radius 2 is 2.00 bits per heavy atom. The molecule has 0 unspecified atom stereocenters. The maximum Gasteiger partial charge on any atom is 0.348 e. The molecule has 0 saturated carbocycles. The summed E-state index contributed by atoms with van der Waals surface area (Å²) in [6.45, 7) is 5.16. The number of hydrogen-bond acceptors (Lipinski definition) is 6. The average Bonchev–Trinajstić information content (AvgIpc) is 2.95. The van der Waals surface area contributed by atoms with E-state index in [0.717, 1.165) is 16.9 Å². The lowest BCUT2D eigenvalue weighted by Crippen LogP contribution is -2.21. The van der Waals surface area contributed by atoms with Crippen LogP contribution in [0.2, 0.25) is 0 Å². The predicted octanol–water partition coefficient (Wildman–Crippen LogP) is 3.63. The number of amides is 1. The van der Waals surface area contributed by atoms with Crippen LogP contribution in [0.4, 0.5) is 11.4 Å². The van der Waals surface area contributed by atoms with Gasteiger partial charge in [-0.3, -0.25) is 14.9 Å². The van der Waals surface area contributed by atoms with Crippen LogP contribution in [0, 0.1) is 24.0 Å². The van der Waals surface area contributed by atoms with Gasteiger partial charge in [0.1, 0.15) is 4.88 Å². The van der Waals surface area contributed by atoms with Gasteiger partial charge in [-0.15, -0.1) is 11.3 Å². The number of rotatable bonds is 6. The molecule has 1 aromatic heterocycles. The summed E-state index contributed by atoms with van der Waals surface area (Å²) < 4.78 is 5.03. The van der Waals surface area contributed by atoms with Gasteiger partial charge in [-0.1, -0.05) is 6.92 Å². The zero-order valence-electron chi connectivity index (χ0n) is 14.1. The fourth-order valence-corrected chi connectivity index (χ4v) is 3.27. The highest BCUT2D eigenvalue weighted by Crippen LogP contribution is 2.23. The van der Waals surface area contributed by atoms with Crippen molar-refractivity contribution in [2.24, 2.45) is 0 Å². The third-order valence-electron chi connectivity index (χ3n) is 3.63. The van der Waals surface area contributed by atoms with E-state index in [9.17, 15) is 19.7 Å². The number of carbonyl (C=O) groups excluding carboxylic acids is 2. The molecule has 0 aliphatic heterocycles. The van der Waals surface area contributed by atoms with Crippen LogP contribution in [0.25, 0.3) is 0 Å². The van der Waals surface area contributed by atoms with Crippen molar-refractivity contribution in [3.05, 3.63) is 55.3 Å². The van der Waals surface area contributed by atoms with E-state index in [2.05, 4.69) is 5.32 Å². The molecule has 0 atom stereocenters. The highest BCUT2D eigenvalue weighted by atomic mass is 32.1. The molecular formula is C17H18N2O5S. The molecule has 1 aromatic carbocycles. The van der Waals surface area contributed by atoms with Crippen LogP contribution in [-0.4, -0.2) is 23.4 Å². The number of nitro benzene ring substituents is 1. The largest absolute Gasteiger partial charge is 0.451 e. The molecule has 0 saturated heterocycles. The molecule has 25 heavy (non-hydrogen) atoms. The average molecular weight is 362 g/mol. The van der Waals surface area contributed by atoms with E-state index >= 15 is 0 Å². The molecule has 7 nitrogen and oxygen atoms in total. The summed E-state index contributed by atoms with van der Waals surface area (Å²) >= 11 is 1.34. The van der Waals surface area contributed by atoms with Crippen LogP contribution in [-0.2, 0) is 16.0 Å². The number of anilines is 1. The molecular weight excluding hydrogens is 344 g/mol. The molecule has 0 radical (unpaired) electrons. The number of ether oxygens (including phenoxy) is 1. The van der Waals surface area contributed by atoms with Crippen molar-refractivity contribution in [1.82, 2.24) is 0 Å². The molecule has 2 aromatic rings. The Morgan fingerprint density at radius 3 is 2.56 bits per heavy atom. The number of non-ortho nitro benzene ring substituents is 1. The van der Waals surface area contributed by atoms with Crippen molar-refractivity contribution in [2.75, 3.05) is 11.9 Å². The van der Waals surface area contributed by atoms with E-state index in [1.54, 1.807) is 13.0 Å². The van der Waals surface area contributed by atoms with Crippen LogP contribution >= 0.6 is 11.3 Å². The first kappa shape index (κ1) is 18.6. The molecule has 1 amide bonds. The van der Waals surface area contributed by atoms with E-state index in [4.69, 9.17) is 4.74 Å². The zero-order chi connectivity index (χ0) is 18.6. The smallest absolute Gasteiger partial charge is 0.348 e. The summed E-state index contributed by atoms with van der Waals surface area (Å²) in [6.07, 6.45) is 0.829. The standard InChI is InChI=1S/C17H18N2O5S/c1-4-12-8-15(25-11(12)3)17(21)24-9-16(20)18-14-6-5-13(19(22)23)7-10(14)2/h5-8H,4,9H2,1-3H3,(H,18,20). The first-order valence-corrected chi connectivity index (χ1v) is 8.44. The Labute approximate surface area is 148 Å². The number of esters is 1. The minimum Gasteiger partial charge on any atom is -0.451 e. The topological polar surface area (TPSA) is 98.5 Å². The Bertz CT molecular complexity index is 828. The Balaban J connectivity index is 1.94. The number of aryl methyl sites for hydroxylation is 3. The lowest BCUT2D eigenvalue weighted by Gasteiger charge is -2.08. The molecule has 0 aliphatic rings. The summed E-state index contributed by atoms with van der Waals surface area (Å²) in [5.41, 5.74) is 2.02. The third-order valence-corrected chi connectivity index (χ3v) is 4.70. The van der Waals surface area contributed by atoms with Crippen molar-refractivity contribution in [3.8, 4) is 0 Å². The number of thiophene rings is 1. The van der Waals surface area contributed by atoms with E-state index in [0.29, 0.717) is 16.1 Å². The second kappa shape index (κ2) is 7.89. The maximum absolute atomic E-state index is 12.0. The van der Waals surface area contributed by atoms with Gasteiger partial charge in [-0.2, -0.15) is 0 Å². The molecule has 2 rings (SSSR count). The maximum atomic E-state index is 12.0. The minimum atomic E-state index is -0.539. The molecule has 0 spiro atoms. The summed E-state index contributed by atoms with van der Waals surface area (Å²) in [5.74, 6) is -1.04. The number of nitrogens with zero attached hydrogens (tertiary/aromatic N) is 1. The van der Waals surface area contributed by atoms with Crippen molar-refractivity contribution < 1.29 is 19.2 Å². The Kier molecular flexibility index (Phi) is 5.87. The minimum absolute atomic E-state index is 0.0540. The van der Waals surface area contributed by atoms with Gasteiger partial charge in [0.05, 0.1) is 4.92 Å². The third kappa shape index (κ3) is 4.63. The summed E-state index contributed by atoms with van der Waals surface area (Å²) in [4.78, 5) is 35.7. The summed E-state index contributed by atoms with van der Waals surface area (Å²) in [5, 5.41) is 13.3. The van der Waals surface area contributed by atoms with Gasteiger partial charge >= 0.3 is 5.97 Å². The second-order valence-electron chi connectivity index (χ2n) is 5.43. The van der Waals surface area contributed by atoms with Gasteiger partial charge < -0.3 is 10.1 Å². The van der Waals surface area contributed by atoms with E-state index < -0.39 is 23.4 Å². The lowest BCUT2D eigenvalue weighted by molar-refractivity contribution is -0.384. The molecule has 132 valence electrons. The van der Waals surface area contributed by atoms with Crippen molar-refractivity contribution in [1.29, 1.82) is 0 Å². The lowest BCUT2D eigenvalue weighted by atomic mass is 10.2. The molecule has 0 bridgehead atoms. The van der Waals surface area contributed by atoms with Gasteiger partial charge in [0.25, 0.3) is 11.6 Å². The van der Waals surface area contributed by atoms with Crippen molar-refractivity contribution in [2.45, 2.75) is 27.2 Å². The van der Waals surface area contributed by atoms with Gasteiger partial charge in [0.2, 0.25) is 0 Å². The van der Waals surface area contributed by atoms with Crippen molar-refractivity contribution in [3.63, 3.8) is 0 Å². The predicted molar refractivity (Wildman–Crippen MR) is 95.2 cm³/mol. The Hall–Kier alpha value is -2.74. The van der Waals surface area contributed by atoms with Crippen LogP contribution in [0.5, 0.6) is 0 Å². The highest BCUT2D eigenvalue weighted by molar-refractivity contribution is 7.14. The number of benzene rings is 1. The monoisotopic (exact) mass is 362 g/mol. The SMILES string of the molecule is CCc1cc(C(=O)OCC(=O)Nc2ccc([N+](=O)[O-])cc2C)sc1C. The number of carbonyl (C=O) groups is 2. The quantitative estimate of drug-likeness (QED) is 0.481. The summed E-state index contributed by atoms with van der Waals surface area (Å²) in [7, 11) is 0. The molecule has 8 heteroatoms. The van der Waals surface area contributed by atoms with E-state index in [1.165, 1.54) is 29.5 Å². The molecule has 1 N–H and O–H groups in total. The second-order valence-corrected chi connectivity index (χ2v) is 6.68. The normalized spacial score (nSPS) is 10.4. The number of nitrogens with one attached hydrogen (secondary N) is 1. The Morgan fingerprint density at radius 1 is 1.28 bits per heavy atom. The number of nitro groups is 1. The van der Waals surface area contributed by atoms with E-state index in [-0.39, 0.29) is 5.69 Å². The fourth-order valence-electron chi connectivity index (χ4n) is 2.26. The van der Waals surface area contributed by atoms with Gasteiger partial charge in [-0.05, 0) is 43.5 Å². The fraction of sp³-hybridized carbons (Fsp3) is 0.294. The van der Waals surface area contributed by atoms with Gasteiger partial charge in [-0.25, -0.2) is 4.79 Å². The van der Waals surface area contributed by atoms with Gasteiger partial charge in [0.15, 0.2) is 6.61 Å². The van der Waals surface area contributed by atoms with E-state index in [1.807, 2.05) is 13.8 Å². The first-order valence-electron chi connectivity index (χ1n) is 7.63. The van der Waals surface area contributed by atoms with Crippen LogP contribution in [0.15, 0.2) is 24.3 Å². The highest BCUT2D eigenvalue weighted by Gasteiger charge is 2.15. The zero-order valence-corrected chi connectivity index (χ0v) is 14.9. The van der Waals surface area contributed by atoms with Crippen LogP contribution in [0.1, 0.15) is 32.6 Å². The molecule has 0 fully saturated rings. The van der Waals surface area contributed by atoms with Crippen LogP contribution in [0.3, 0.4) is 0 Å². The van der Waals surface area contributed by atoms with Crippen molar-refractivity contribution >= 4 is 34.6 Å². The number of hydrogen-bond donors (Lipinski definition) is 1. The molecule has 1 heterocycles. The molecule has 0 aliphatic carbocycles. The van der Waals surface area contributed by atoms with Crippen LogP contribution < -0.4 is 5.32 Å².